The summed E-state index contributed by atoms with van der Waals surface area (Å²) in [5.41, 5.74) is 3.29. The highest BCUT2D eigenvalue weighted by Crippen LogP contribution is 2.33. The molecule has 1 amide bonds. The second-order valence-electron chi connectivity index (χ2n) is 7.98. The molecule has 0 atom stereocenters. The number of fused-ring (bicyclic) bond motifs is 1. The first kappa shape index (κ1) is 18.9. The van der Waals surface area contributed by atoms with E-state index >= 15 is 0 Å². The van der Waals surface area contributed by atoms with Gasteiger partial charge in [-0.1, -0.05) is 12.1 Å². The zero-order chi connectivity index (χ0) is 20.7. The summed E-state index contributed by atoms with van der Waals surface area (Å²) >= 11 is 1.63. The Kier molecular flexibility index (Phi) is 4.83. The summed E-state index contributed by atoms with van der Waals surface area (Å²) in [7, 11) is 0. The van der Waals surface area contributed by atoms with Crippen molar-refractivity contribution in [2.75, 3.05) is 0 Å². The quantitative estimate of drug-likeness (QED) is 0.446. The Morgan fingerprint density at radius 1 is 1.27 bits per heavy atom. The number of carbonyl (C=O) groups excluding carboxylic acids is 1. The molecule has 1 aliphatic carbocycles. The van der Waals surface area contributed by atoms with Crippen molar-refractivity contribution in [3.8, 4) is 10.6 Å². The molecule has 0 N–H and O–H groups in total. The molecular weight excluding hydrogens is 394 g/mol. The summed E-state index contributed by atoms with van der Waals surface area (Å²) in [4.78, 5) is 25.9. The third-order valence-electron chi connectivity index (χ3n) is 5.38. The largest absolute Gasteiger partial charge is 0.331 e. The number of hydrogen-bond donors (Lipinski definition) is 0. The van der Waals surface area contributed by atoms with E-state index in [0.29, 0.717) is 12.1 Å². The summed E-state index contributed by atoms with van der Waals surface area (Å²) in [5, 5.41) is 7.38. The van der Waals surface area contributed by atoms with E-state index in [1.807, 2.05) is 51.5 Å². The van der Waals surface area contributed by atoms with E-state index in [1.54, 1.807) is 23.7 Å². The molecule has 0 spiro atoms. The maximum absolute atomic E-state index is 13.8. The molecule has 0 bridgehead atoms. The van der Waals surface area contributed by atoms with Crippen LogP contribution >= 0.6 is 11.3 Å². The molecular formula is C23H23N5OS. The molecule has 1 fully saturated rings. The van der Waals surface area contributed by atoms with E-state index in [2.05, 4.69) is 23.9 Å². The fraction of sp³-hybridized carbons (Fsp3) is 0.304. The van der Waals surface area contributed by atoms with Crippen molar-refractivity contribution in [2.24, 2.45) is 0 Å². The van der Waals surface area contributed by atoms with Crippen LogP contribution in [0.4, 0.5) is 0 Å². The molecule has 5 rings (SSSR count). The van der Waals surface area contributed by atoms with Crippen molar-refractivity contribution in [1.82, 2.24) is 24.6 Å². The number of amides is 1. The van der Waals surface area contributed by atoms with Crippen molar-refractivity contribution in [3.63, 3.8) is 0 Å². The fourth-order valence-corrected chi connectivity index (χ4v) is 4.41. The maximum atomic E-state index is 13.8. The maximum Gasteiger partial charge on any atom is 0.255 e. The van der Waals surface area contributed by atoms with E-state index < -0.39 is 0 Å². The van der Waals surface area contributed by atoms with E-state index in [4.69, 9.17) is 4.98 Å². The molecule has 1 saturated carbocycles. The normalized spacial score (nSPS) is 13.8. The van der Waals surface area contributed by atoms with Crippen LogP contribution in [0.25, 0.3) is 21.6 Å². The minimum Gasteiger partial charge on any atom is -0.331 e. The van der Waals surface area contributed by atoms with Crippen LogP contribution < -0.4 is 0 Å². The standard InChI is InChI=1S/C23H23N5OS/c1-15(2)28-22-19(13-25-28)18(11-20(26-22)21-6-4-10-30-21)23(29)27(17-7-8-17)14-16-5-3-9-24-12-16/h3-6,9-13,15,17H,7-8,14H2,1-2H3. The number of thiophene rings is 1. The lowest BCUT2D eigenvalue weighted by Gasteiger charge is -2.23. The van der Waals surface area contributed by atoms with Crippen LogP contribution in [0.3, 0.4) is 0 Å². The fourth-order valence-electron chi connectivity index (χ4n) is 3.72. The lowest BCUT2D eigenvalue weighted by Crippen LogP contribution is -2.32. The van der Waals surface area contributed by atoms with Crippen molar-refractivity contribution in [3.05, 3.63) is 65.4 Å². The van der Waals surface area contributed by atoms with Gasteiger partial charge in [0.15, 0.2) is 5.65 Å². The molecule has 0 saturated heterocycles. The van der Waals surface area contributed by atoms with Crippen LogP contribution in [0, 0.1) is 0 Å². The molecule has 0 unspecified atom stereocenters. The Balaban J connectivity index is 1.62. The van der Waals surface area contributed by atoms with Crippen LogP contribution in [0.15, 0.2) is 54.3 Å². The molecule has 0 radical (unpaired) electrons. The van der Waals surface area contributed by atoms with Gasteiger partial charge in [0.1, 0.15) is 0 Å². The van der Waals surface area contributed by atoms with Gasteiger partial charge in [0.2, 0.25) is 0 Å². The van der Waals surface area contributed by atoms with E-state index in [0.717, 1.165) is 40.0 Å². The van der Waals surface area contributed by atoms with Gasteiger partial charge in [0, 0.05) is 31.0 Å². The highest BCUT2D eigenvalue weighted by Gasteiger charge is 2.34. The average Bonchev–Trinajstić information content (AvgIpc) is 3.26. The zero-order valence-electron chi connectivity index (χ0n) is 17.0. The van der Waals surface area contributed by atoms with Crippen LogP contribution in [0.1, 0.15) is 48.7 Å². The number of carbonyl (C=O) groups is 1. The molecule has 30 heavy (non-hydrogen) atoms. The molecule has 0 aliphatic heterocycles. The van der Waals surface area contributed by atoms with Gasteiger partial charge >= 0.3 is 0 Å². The van der Waals surface area contributed by atoms with Gasteiger partial charge in [-0.3, -0.25) is 9.78 Å². The van der Waals surface area contributed by atoms with Gasteiger partial charge in [0.05, 0.1) is 27.7 Å². The molecule has 7 heteroatoms. The van der Waals surface area contributed by atoms with Gasteiger partial charge in [0.25, 0.3) is 5.91 Å². The molecule has 6 nitrogen and oxygen atoms in total. The first-order valence-electron chi connectivity index (χ1n) is 10.2. The Bertz CT molecular complexity index is 1180. The summed E-state index contributed by atoms with van der Waals surface area (Å²) < 4.78 is 1.89. The number of aromatic nitrogens is 4. The van der Waals surface area contributed by atoms with Crippen LogP contribution in [-0.2, 0) is 6.54 Å². The smallest absolute Gasteiger partial charge is 0.255 e. The monoisotopic (exact) mass is 417 g/mol. The summed E-state index contributed by atoms with van der Waals surface area (Å²) in [6, 6.07) is 10.4. The van der Waals surface area contributed by atoms with Gasteiger partial charge in [-0.15, -0.1) is 11.3 Å². The molecule has 4 heterocycles. The summed E-state index contributed by atoms with van der Waals surface area (Å²) in [6.07, 6.45) is 7.46. The SMILES string of the molecule is CC(C)n1ncc2c(C(=O)N(Cc3cccnc3)C3CC3)cc(-c3cccs3)nc21. The number of rotatable bonds is 6. The predicted molar refractivity (Wildman–Crippen MR) is 118 cm³/mol. The highest BCUT2D eigenvalue weighted by atomic mass is 32.1. The Morgan fingerprint density at radius 3 is 2.80 bits per heavy atom. The third kappa shape index (κ3) is 3.50. The predicted octanol–water partition coefficient (Wildman–Crippen LogP) is 4.94. The minimum absolute atomic E-state index is 0.0369. The highest BCUT2D eigenvalue weighted by molar-refractivity contribution is 7.13. The third-order valence-corrected chi connectivity index (χ3v) is 6.28. The lowest BCUT2D eigenvalue weighted by molar-refractivity contribution is 0.0731. The number of nitrogens with zero attached hydrogens (tertiary/aromatic N) is 5. The van der Waals surface area contributed by atoms with Crippen molar-refractivity contribution < 1.29 is 4.79 Å². The van der Waals surface area contributed by atoms with Crippen LogP contribution in [0.2, 0.25) is 0 Å². The van der Waals surface area contributed by atoms with E-state index in [1.165, 1.54) is 0 Å². The Labute approximate surface area is 179 Å². The molecule has 4 aromatic heterocycles. The first-order valence-corrected chi connectivity index (χ1v) is 11.1. The zero-order valence-corrected chi connectivity index (χ0v) is 17.8. The molecule has 152 valence electrons. The number of pyridine rings is 2. The van der Waals surface area contributed by atoms with Crippen molar-refractivity contribution in [1.29, 1.82) is 0 Å². The van der Waals surface area contributed by atoms with Crippen LogP contribution in [0.5, 0.6) is 0 Å². The van der Waals surface area contributed by atoms with Crippen LogP contribution in [-0.4, -0.2) is 36.6 Å². The molecule has 0 aromatic carbocycles. The summed E-state index contributed by atoms with van der Waals surface area (Å²) in [5.74, 6) is 0.0369. The second-order valence-corrected chi connectivity index (χ2v) is 8.93. The summed E-state index contributed by atoms with van der Waals surface area (Å²) in [6.45, 7) is 4.71. The second kappa shape index (κ2) is 7.65. The van der Waals surface area contributed by atoms with E-state index in [9.17, 15) is 4.79 Å². The lowest BCUT2D eigenvalue weighted by atomic mass is 10.1. The molecule has 4 aromatic rings. The van der Waals surface area contributed by atoms with Crippen molar-refractivity contribution in [2.45, 2.75) is 45.3 Å². The van der Waals surface area contributed by atoms with Gasteiger partial charge in [-0.25, -0.2) is 9.67 Å². The van der Waals surface area contributed by atoms with E-state index in [-0.39, 0.29) is 18.0 Å². The van der Waals surface area contributed by atoms with Gasteiger partial charge in [-0.2, -0.15) is 5.10 Å². The Morgan fingerprint density at radius 2 is 2.13 bits per heavy atom. The average molecular weight is 418 g/mol. The number of hydrogen-bond acceptors (Lipinski definition) is 5. The topological polar surface area (TPSA) is 63.9 Å². The minimum atomic E-state index is 0.0369. The first-order chi connectivity index (χ1) is 14.6. The Hall–Kier alpha value is -3.06. The van der Waals surface area contributed by atoms with Gasteiger partial charge < -0.3 is 4.90 Å². The van der Waals surface area contributed by atoms with Crippen molar-refractivity contribution >= 4 is 28.3 Å². The molecule has 1 aliphatic rings. The van der Waals surface area contributed by atoms with Gasteiger partial charge in [-0.05, 0) is 55.8 Å².